The number of nitrogens with zero attached hydrogens (tertiary/aromatic N) is 4. The van der Waals surface area contributed by atoms with Gasteiger partial charge in [-0.15, -0.1) is 0 Å². The van der Waals surface area contributed by atoms with Gasteiger partial charge in [0.25, 0.3) is 6.43 Å². The first kappa shape index (κ1) is 15.6. The van der Waals surface area contributed by atoms with E-state index in [1.807, 2.05) is 17.0 Å². The number of alkyl halides is 2. The van der Waals surface area contributed by atoms with Crippen LogP contribution in [-0.4, -0.2) is 47.5 Å². The van der Waals surface area contributed by atoms with Crippen LogP contribution in [0.2, 0.25) is 0 Å². The van der Waals surface area contributed by atoms with Gasteiger partial charge in [-0.1, -0.05) is 12.1 Å². The number of fused-ring (bicyclic) bond motifs is 1. The number of hydrogen-bond acceptors (Lipinski definition) is 4. The molecule has 1 fully saturated rings. The number of benzene rings is 1. The average molecular weight is 320 g/mol. The summed E-state index contributed by atoms with van der Waals surface area (Å²) in [5.74, 6) is 0.152. The van der Waals surface area contributed by atoms with Gasteiger partial charge in [0.05, 0.1) is 5.52 Å². The van der Waals surface area contributed by atoms with E-state index in [1.54, 1.807) is 24.1 Å². The highest BCUT2D eigenvalue weighted by molar-refractivity contribution is 5.89. The number of aromatic nitrogens is 2. The molecule has 122 valence electrons. The third-order valence-corrected chi connectivity index (χ3v) is 4.03. The van der Waals surface area contributed by atoms with Crippen molar-refractivity contribution in [3.63, 3.8) is 0 Å². The molecule has 1 amide bonds. The fourth-order valence-electron chi connectivity index (χ4n) is 2.78. The van der Waals surface area contributed by atoms with Gasteiger partial charge in [-0.3, -0.25) is 4.79 Å². The molecule has 23 heavy (non-hydrogen) atoms. The van der Waals surface area contributed by atoms with Crippen molar-refractivity contribution >= 4 is 22.6 Å². The van der Waals surface area contributed by atoms with Crippen molar-refractivity contribution in [2.75, 3.05) is 31.6 Å². The number of likely N-dealkylation sites (tertiary alicyclic amines) is 1. The van der Waals surface area contributed by atoms with E-state index in [2.05, 4.69) is 9.97 Å². The SMILES string of the molecule is CN(CCN1CCCC1=O)c1nc(C(F)F)nc2ccccc12. The topological polar surface area (TPSA) is 49.3 Å². The second kappa shape index (κ2) is 6.44. The van der Waals surface area contributed by atoms with Crippen LogP contribution in [0.5, 0.6) is 0 Å². The molecule has 0 atom stereocenters. The number of para-hydroxylation sites is 1. The maximum atomic E-state index is 13.0. The fourth-order valence-corrected chi connectivity index (χ4v) is 2.78. The van der Waals surface area contributed by atoms with Crippen molar-refractivity contribution < 1.29 is 13.6 Å². The summed E-state index contributed by atoms with van der Waals surface area (Å²) in [6.07, 6.45) is -1.24. The van der Waals surface area contributed by atoms with Gasteiger partial charge in [-0.25, -0.2) is 18.7 Å². The summed E-state index contributed by atoms with van der Waals surface area (Å²) in [4.78, 5) is 23.2. The van der Waals surface area contributed by atoms with E-state index in [4.69, 9.17) is 0 Å². The molecule has 1 saturated heterocycles. The molecule has 7 heteroatoms. The van der Waals surface area contributed by atoms with Crippen LogP contribution in [-0.2, 0) is 4.79 Å². The fraction of sp³-hybridized carbons (Fsp3) is 0.438. The van der Waals surface area contributed by atoms with Crippen molar-refractivity contribution in [1.82, 2.24) is 14.9 Å². The minimum Gasteiger partial charge on any atom is -0.357 e. The van der Waals surface area contributed by atoms with Crippen LogP contribution < -0.4 is 4.90 Å². The van der Waals surface area contributed by atoms with Crippen LogP contribution in [0.1, 0.15) is 25.1 Å². The van der Waals surface area contributed by atoms with Gasteiger partial charge in [-0.05, 0) is 18.6 Å². The van der Waals surface area contributed by atoms with E-state index in [1.165, 1.54) is 0 Å². The summed E-state index contributed by atoms with van der Waals surface area (Å²) in [6.45, 7) is 1.87. The van der Waals surface area contributed by atoms with Gasteiger partial charge in [-0.2, -0.15) is 0 Å². The molecule has 2 heterocycles. The van der Waals surface area contributed by atoms with Crippen molar-refractivity contribution in [2.45, 2.75) is 19.3 Å². The van der Waals surface area contributed by atoms with Crippen LogP contribution in [0.4, 0.5) is 14.6 Å². The second-order valence-electron chi connectivity index (χ2n) is 5.63. The Morgan fingerprint density at radius 1 is 1.30 bits per heavy atom. The predicted octanol–water partition coefficient (Wildman–Crippen LogP) is 2.63. The molecule has 0 saturated carbocycles. The molecule has 1 aromatic heterocycles. The smallest absolute Gasteiger partial charge is 0.297 e. The Morgan fingerprint density at radius 3 is 2.78 bits per heavy atom. The van der Waals surface area contributed by atoms with E-state index < -0.39 is 12.2 Å². The minimum atomic E-state index is -2.72. The van der Waals surface area contributed by atoms with Crippen LogP contribution in [0.25, 0.3) is 10.9 Å². The highest BCUT2D eigenvalue weighted by atomic mass is 19.3. The van der Waals surface area contributed by atoms with Crippen molar-refractivity contribution in [1.29, 1.82) is 0 Å². The van der Waals surface area contributed by atoms with Crippen LogP contribution in [0.3, 0.4) is 0 Å². The molecule has 1 aliphatic rings. The number of amides is 1. The summed E-state index contributed by atoms with van der Waals surface area (Å²) in [5.41, 5.74) is 0.497. The van der Waals surface area contributed by atoms with Gasteiger partial charge in [0.15, 0.2) is 5.82 Å². The van der Waals surface area contributed by atoms with Crippen molar-refractivity contribution in [3.05, 3.63) is 30.1 Å². The van der Waals surface area contributed by atoms with E-state index >= 15 is 0 Å². The summed E-state index contributed by atoms with van der Waals surface area (Å²) >= 11 is 0. The number of likely N-dealkylation sites (N-methyl/N-ethyl adjacent to an activating group) is 1. The zero-order valence-corrected chi connectivity index (χ0v) is 12.9. The lowest BCUT2D eigenvalue weighted by Crippen LogP contribution is -2.34. The summed E-state index contributed by atoms with van der Waals surface area (Å²) in [6, 6.07) is 7.11. The summed E-state index contributed by atoms with van der Waals surface area (Å²) in [5, 5.41) is 0.729. The lowest BCUT2D eigenvalue weighted by Gasteiger charge is -2.24. The summed E-state index contributed by atoms with van der Waals surface area (Å²) < 4.78 is 26.0. The molecule has 0 spiro atoms. The van der Waals surface area contributed by atoms with Gasteiger partial charge < -0.3 is 9.80 Å². The van der Waals surface area contributed by atoms with Crippen LogP contribution in [0.15, 0.2) is 24.3 Å². The standard InChI is InChI=1S/C16H18F2N4O/c1-21(9-10-22-8-4-7-13(22)23)16-11-5-2-3-6-12(11)19-15(20-16)14(17)18/h2-3,5-6,14H,4,7-10H2,1H3. The Labute approximate surface area is 132 Å². The molecule has 5 nitrogen and oxygen atoms in total. The van der Waals surface area contributed by atoms with Crippen LogP contribution >= 0.6 is 0 Å². The third kappa shape index (κ3) is 3.23. The third-order valence-electron chi connectivity index (χ3n) is 4.03. The largest absolute Gasteiger partial charge is 0.357 e. The Morgan fingerprint density at radius 2 is 2.09 bits per heavy atom. The molecule has 1 aromatic carbocycles. The maximum Gasteiger partial charge on any atom is 0.297 e. The molecule has 1 aliphatic heterocycles. The number of rotatable bonds is 5. The number of carbonyl (C=O) groups is 1. The van der Waals surface area contributed by atoms with Gasteiger partial charge in [0.2, 0.25) is 5.91 Å². The molecule has 0 N–H and O–H groups in total. The second-order valence-corrected chi connectivity index (χ2v) is 5.63. The van der Waals surface area contributed by atoms with E-state index in [9.17, 15) is 13.6 Å². The first-order valence-electron chi connectivity index (χ1n) is 7.60. The Bertz CT molecular complexity index is 722. The van der Waals surface area contributed by atoms with Crippen molar-refractivity contribution in [3.8, 4) is 0 Å². The highest BCUT2D eigenvalue weighted by Gasteiger charge is 2.21. The zero-order chi connectivity index (χ0) is 16.4. The molecule has 0 radical (unpaired) electrons. The monoisotopic (exact) mass is 320 g/mol. The Kier molecular flexibility index (Phi) is 4.36. The van der Waals surface area contributed by atoms with Crippen LogP contribution in [0, 0.1) is 0 Å². The lowest BCUT2D eigenvalue weighted by molar-refractivity contribution is -0.127. The van der Waals surface area contributed by atoms with Gasteiger partial charge in [0, 0.05) is 38.5 Å². The lowest BCUT2D eigenvalue weighted by atomic mass is 10.2. The number of carbonyl (C=O) groups excluding carboxylic acids is 1. The van der Waals surface area contributed by atoms with Gasteiger partial charge >= 0.3 is 0 Å². The normalized spacial score (nSPS) is 15.0. The van der Waals surface area contributed by atoms with E-state index in [-0.39, 0.29) is 5.91 Å². The molecule has 3 rings (SSSR count). The molecular weight excluding hydrogens is 302 g/mol. The Balaban J connectivity index is 1.86. The maximum absolute atomic E-state index is 13.0. The number of halogens is 2. The van der Waals surface area contributed by atoms with Gasteiger partial charge in [0.1, 0.15) is 5.82 Å². The predicted molar refractivity (Wildman–Crippen MR) is 83.6 cm³/mol. The molecule has 0 bridgehead atoms. The quantitative estimate of drug-likeness (QED) is 0.850. The zero-order valence-electron chi connectivity index (χ0n) is 12.9. The molecule has 0 aliphatic carbocycles. The molecule has 2 aromatic rings. The first-order valence-corrected chi connectivity index (χ1v) is 7.60. The van der Waals surface area contributed by atoms with Crippen molar-refractivity contribution in [2.24, 2.45) is 0 Å². The Hall–Kier alpha value is -2.31. The number of anilines is 1. The highest BCUT2D eigenvalue weighted by Crippen LogP contribution is 2.26. The minimum absolute atomic E-state index is 0.152. The molecular formula is C16H18F2N4O. The van der Waals surface area contributed by atoms with E-state index in [0.29, 0.717) is 30.8 Å². The van der Waals surface area contributed by atoms with E-state index in [0.717, 1.165) is 18.4 Å². The average Bonchev–Trinajstić information content (AvgIpc) is 2.96. The molecule has 0 unspecified atom stereocenters. The number of hydrogen-bond donors (Lipinski definition) is 0. The summed E-state index contributed by atoms with van der Waals surface area (Å²) in [7, 11) is 1.80. The first-order chi connectivity index (χ1) is 11.1.